The Morgan fingerprint density at radius 2 is 1.79 bits per heavy atom. The normalized spacial score (nSPS) is 16.4. The molecule has 1 fully saturated rings. The Hall–Kier alpha value is -3.79. The van der Waals surface area contributed by atoms with Gasteiger partial charge in [-0.2, -0.15) is 0 Å². The predicted octanol–water partition coefficient (Wildman–Crippen LogP) is 3.17. The number of nitrogens with zero attached hydrogens (tertiary/aromatic N) is 3. The van der Waals surface area contributed by atoms with Crippen molar-refractivity contribution in [2.24, 2.45) is 5.84 Å². The number of carbonyl (C=O) groups is 4. The van der Waals surface area contributed by atoms with E-state index in [2.05, 4.69) is 10.3 Å². The van der Waals surface area contributed by atoms with E-state index in [0.29, 0.717) is 35.7 Å². The Kier molecular flexibility index (Phi) is 6.60. The van der Waals surface area contributed by atoms with Gasteiger partial charge in [0.1, 0.15) is 11.7 Å². The summed E-state index contributed by atoms with van der Waals surface area (Å²) in [6, 6.07) is 6.25. The molecule has 1 aliphatic heterocycles. The lowest BCUT2D eigenvalue weighted by atomic mass is 9.94. The highest BCUT2D eigenvalue weighted by Crippen LogP contribution is 2.26. The third kappa shape index (κ3) is 4.49. The number of nitrogens with one attached hydrogen (secondary N) is 1. The van der Waals surface area contributed by atoms with Crippen molar-refractivity contribution in [3.05, 3.63) is 53.3 Å². The van der Waals surface area contributed by atoms with Crippen LogP contribution in [0.15, 0.2) is 36.5 Å². The molecule has 1 atom stereocenters. The molecule has 1 aromatic carbocycles. The zero-order valence-corrected chi connectivity index (χ0v) is 18.9. The second kappa shape index (κ2) is 9.60. The van der Waals surface area contributed by atoms with Gasteiger partial charge in [-0.05, 0) is 31.4 Å². The Bertz CT molecular complexity index is 1130. The molecule has 2 aromatic rings. The maximum Gasteiger partial charge on any atom is 0.415 e. The SMILES string of the molecule is CC(C(=O)c1ccc(-c2cnc3c(c2)CNC3=O)cc1)N(N)C(=O)N(C(=O)O)C1CCCCC1. The Labute approximate surface area is 196 Å². The van der Waals surface area contributed by atoms with E-state index in [9.17, 15) is 24.3 Å². The van der Waals surface area contributed by atoms with Crippen LogP contribution in [0.2, 0.25) is 0 Å². The van der Waals surface area contributed by atoms with Gasteiger partial charge in [0, 0.05) is 35.5 Å². The number of benzene rings is 1. The minimum Gasteiger partial charge on any atom is -0.465 e. The first-order valence-corrected chi connectivity index (χ1v) is 11.3. The number of pyridine rings is 1. The lowest BCUT2D eigenvalue weighted by Crippen LogP contribution is -2.57. The van der Waals surface area contributed by atoms with Crippen molar-refractivity contribution in [1.29, 1.82) is 0 Å². The molecule has 4 rings (SSSR count). The maximum absolute atomic E-state index is 13.0. The van der Waals surface area contributed by atoms with E-state index in [0.717, 1.165) is 40.9 Å². The first-order valence-electron chi connectivity index (χ1n) is 11.3. The number of urea groups is 1. The first kappa shape index (κ1) is 23.4. The van der Waals surface area contributed by atoms with Crippen molar-refractivity contribution >= 4 is 23.8 Å². The molecule has 10 nitrogen and oxygen atoms in total. The van der Waals surface area contributed by atoms with Gasteiger partial charge in [0.2, 0.25) is 0 Å². The first-order chi connectivity index (χ1) is 16.3. The van der Waals surface area contributed by atoms with Crippen molar-refractivity contribution in [3.8, 4) is 11.1 Å². The second-order valence-corrected chi connectivity index (χ2v) is 8.67. The summed E-state index contributed by atoms with van der Waals surface area (Å²) in [6.07, 6.45) is 4.13. The summed E-state index contributed by atoms with van der Waals surface area (Å²) in [5.74, 6) is 5.35. The van der Waals surface area contributed by atoms with Gasteiger partial charge in [0.15, 0.2) is 5.78 Å². The van der Waals surface area contributed by atoms with Gasteiger partial charge in [0.25, 0.3) is 5.91 Å². The number of ketones is 1. The van der Waals surface area contributed by atoms with Crippen LogP contribution in [0.1, 0.15) is 65.4 Å². The summed E-state index contributed by atoms with van der Waals surface area (Å²) in [6.45, 7) is 1.90. The van der Waals surface area contributed by atoms with Crippen molar-refractivity contribution in [3.63, 3.8) is 0 Å². The van der Waals surface area contributed by atoms with Crippen LogP contribution in [0.25, 0.3) is 11.1 Å². The summed E-state index contributed by atoms with van der Waals surface area (Å²) < 4.78 is 0. The summed E-state index contributed by atoms with van der Waals surface area (Å²) in [7, 11) is 0. The number of imide groups is 1. The number of Topliss-reactive ketones (excluding diaryl/α,β-unsaturated/α-hetero) is 1. The number of hydrogen-bond acceptors (Lipinski definition) is 6. The predicted molar refractivity (Wildman–Crippen MR) is 123 cm³/mol. The van der Waals surface area contributed by atoms with E-state index >= 15 is 0 Å². The molecule has 2 heterocycles. The number of hydrazine groups is 1. The minimum absolute atomic E-state index is 0.192. The minimum atomic E-state index is -1.36. The Balaban J connectivity index is 1.47. The molecule has 0 radical (unpaired) electrons. The highest BCUT2D eigenvalue weighted by Gasteiger charge is 2.36. The number of nitrogens with two attached hydrogens (primary N) is 1. The summed E-state index contributed by atoms with van der Waals surface area (Å²) in [5.41, 5.74) is 3.19. The van der Waals surface area contributed by atoms with E-state index in [4.69, 9.17) is 5.84 Å². The molecule has 4 N–H and O–H groups in total. The molecule has 0 bridgehead atoms. The van der Waals surface area contributed by atoms with Crippen LogP contribution in [0.3, 0.4) is 0 Å². The van der Waals surface area contributed by atoms with Crippen molar-refractivity contribution < 1.29 is 24.3 Å². The Morgan fingerprint density at radius 1 is 1.12 bits per heavy atom. The quantitative estimate of drug-likeness (QED) is 0.266. The number of rotatable bonds is 5. The van der Waals surface area contributed by atoms with Crippen molar-refractivity contribution in [2.45, 2.75) is 57.7 Å². The fourth-order valence-electron chi connectivity index (χ4n) is 4.48. The van der Waals surface area contributed by atoms with Gasteiger partial charge < -0.3 is 10.4 Å². The van der Waals surface area contributed by atoms with E-state index in [1.807, 2.05) is 6.07 Å². The molecule has 4 amide bonds. The summed E-state index contributed by atoms with van der Waals surface area (Å²) in [4.78, 5) is 54.3. The molecule has 178 valence electrons. The molecule has 1 aromatic heterocycles. The van der Waals surface area contributed by atoms with Gasteiger partial charge >= 0.3 is 12.1 Å². The smallest absolute Gasteiger partial charge is 0.415 e. The standard InChI is InChI=1S/C24H27N5O5/c1-14(29(25)23(32)28(24(33)34)19-5-3-2-4-6-19)21(30)16-9-7-15(8-10-16)17-11-18-13-27-22(31)20(18)26-12-17/h7-12,14,19H,2-6,13,25H2,1H3,(H,27,31)(H,33,34). The largest absolute Gasteiger partial charge is 0.465 e. The van der Waals surface area contributed by atoms with Crippen LogP contribution in [-0.4, -0.2) is 55.9 Å². The van der Waals surface area contributed by atoms with E-state index < -0.39 is 30.0 Å². The third-order valence-electron chi connectivity index (χ3n) is 6.49. The average Bonchev–Trinajstić information content (AvgIpc) is 3.23. The van der Waals surface area contributed by atoms with Gasteiger partial charge in [-0.15, -0.1) is 0 Å². The molecular formula is C24H27N5O5. The van der Waals surface area contributed by atoms with Crippen LogP contribution >= 0.6 is 0 Å². The van der Waals surface area contributed by atoms with Crippen LogP contribution in [0.4, 0.5) is 9.59 Å². The zero-order chi connectivity index (χ0) is 24.4. The molecule has 0 saturated heterocycles. The fraction of sp³-hybridized carbons (Fsp3) is 0.375. The molecule has 1 aliphatic carbocycles. The van der Waals surface area contributed by atoms with Gasteiger partial charge in [-0.1, -0.05) is 43.5 Å². The lowest BCUT2D eigenvalue weighted by molar-refractivity contribution is 0.0758. The monoisotopic (exact) mass is 465 g/mol. The summed E-state index contributed by atoms with van der Waals surface area (Å²) >= 11 is 0. The molecule has 0 spiro atoms. The lowest BCUT2D eigenvalue weighted by Gasteiger charge is -2.34. The van der Waals surface area contributed by atoms with Crippen LogP contribution in [0.5, 0.6) is 0 Å². The number of carboxylic acid groups (broad SMARTS) is 1. The molecule has 34 heavy (non-hydrogen) atoms. The highest BCUT2D eigenvalue weighted by atomic mass is 16.4. The van der Waals surface area contributed by atoms with E-state index in [1.54, 1.807) is 30.5 Å². The van der Waals surface area contributed by atoms with E-state index in [-0.39, 0.29) is 5.91 Å². The van der Waals surface area contributed by atoms with E-state index in [1.165, 1.54) is 6.92 Å². The van der Waals surface area contributed by atoms with Crippen LogP contribution < -0.4 is 11.2 Å². The molecule has 1 saturated carbocycles. The summed E-state index contributed by atoms with van der Waals surface area (Å²) in [5, 5.41) is 13.0. The molecular weight excluding hydrogens is 438 g/mol. The number of hydrogen-bond donors (Lipinski definition) is 3. The number of carbonyl (C=O) groups excluding carboxylic acids is 3. The van der Waals surface area contributed by atoms with Crippen molar-refractivity contribution in [1.82, 2.24) is 20.2 Å². The second-order valence-electron chi connectivity index (χ2n) is 8.67. The fourth-order valence-corrected chi connectivity index (χ4v) is 4.48. The number of amides is 4. The number of fused-ring (bicyclic) bond motifs is 1. The zero-order valence-electron chi connectivity index (χ0n) is 18.9. The molecule has 10 heteroatoms. The topological polar surface area (TPSA) is 146 Å². The number of aromatic nitrogens is 1. The van der Waals surface area contributed by atoms with Gasteiger partial charge in [0.05, 0.1) is 0 Å². The Morgan fingerprint density at radius 3 is 2.44 bits per heavy atom. The van der Waals surface area contributed by atoms with Gasteiger partial charge in [-0.25, -0.2) is 20.3 Å². The molecule has 1 unspecified atom stereocenters. The molecule has 2 aliphatic rings. The van der Waals surface area contributed by atoms with Crippen LogP contribution in [0, 0.1) is 0 Å². The van der Waals surface area contributed by atoms with Gasteiger partial charge in [-0.3, -0.25) is 19.6 Å². The third-order valence-corrected chi connectivity index (χ3v) is 6.49. The highest BCUT2D eigenvalue weighted by molar-refractivity contribution is 6.02. The van der Waals surface area contributed by atoms with Crippen LogP contribution in [-0.2, 0) is 6.54 Å². The van der Waals surface area contributed by atoms with Crippen molar-refractivity contribution in [2.75, 3.05) is 0 Å². The average molecular weight is 466 g/mol. The maximum atomic E-state index is 13.0.